The van der Waals surface area contributed by atoms with Gasteiger partial charge in [0.05, 0.1) is 11.1 Å². The van der Waals surface area contributed by atoms with Crippen LogP contribution in [0.25, 0.3) is 0 Å². The molecule has 0 fully saturated rings. The van der Waals surface area contributed by atoms with Crippen molar-refractivity contribution >= 4 is 15.9 Å². The van der Waals surface area contributed by atoms with E-state index < -0.39 is 0 Å². The summed E-state index contributed by atoms with van der Waals surface area (Å²) in [5.41, 5.74) is 6.82. The lowest BCUT2D eigenvalue weighted by Crippen LogP contribution is -2.03. The molecule has 120 valence electrons. The van der Waals surface area contributed by atoms with Gasteiger partial charge in [-0.25, -0.2) is 0 Å². The van der Waals surface area contributed by atoms with Crippen molar-refractivity contribution in [1.29, 1.82) is 0 Å². The van der Waals surface area contributed by atoms with Crippen molar-refractivity contribution in [2.45, 2.75) is 64.7 Å². The third kappa shape index (κ3) is 8.47. The van der Waals surface area contributed by atoms with Gasteiger partial charge in [0.1, 0.15) is 5.75 Å². The van der Waals surface area contributed by atoms with Crippen molar-refractivity contribution in [3.05, 3.63) is 28.2 Å². The zero-order valence-electron chi connectivity index (χ0n) is 13.4. The van der Waals surface area contributed by atoms with Crippen LogP contribution in [-0.4, -0.2) is 13.2 Å². The fourth-order valence-electron chi connectivity index (χ4n) is 2.40. The summed E-state index contributed by atoms with van der Waals surface area (Å²) in [7, 11) is 0. The van der Waals surface area contributed by atoms with Crippen molar-refractivity contribution in [1.82, 2.24) is 0 Å². The van der Waals surface area contributed by atoms with Crippen molar-refractivity contribution in [2.24, 2.45) is 5.73 Å². The molecular weight excluding hydrogens is 326 g/mol. The topological polar surface area (TPSA) is 35.2 Å². The Hall–Kier alpha value is -0.540. The SMILES string of the molecule is CCCCCCCCCCOc1ccc(CCN)cc1Br. The Morgan fingerprint density at radius 1 is 1.00 bits per heavy atom. The highest BCUT2D eigenvalue weighted by Gasteiger charge is 2.02. The highest BCUT2D eigenvalue weighted by molar-refractivity contribution is 9.10. The van der Waals surface area contributed by atoms with Crippen molar-refractivity contribution < 1.29 is 4.74 Å². The number of ether oxygens (including phenoxy) is 1. The minimum absolute atomic E-state index is 0.685. The Morgan fingerprint density at radius 2 is 1.67 bits per heavy atom. The van der Waals surface area contributed by atoms with Crippen LogP contribution in [0.1, 0.15) is 63.9 Å². The molecule has 0 radical (unpaired) electrons. The molecule has 0 bridgehead atoms. The molecule has 0 aliphatic carbocycles. The summed E-state index contributed by atoms with van der Waals surface area (Å²) in [6.07, 6.45) is 11.5. The predicted octanol–water partition coefficient (Wildman–Crippen LogP) is 5.47. The minimum Gasteiger partial charge on any atom is -0.492 e. The number of benzene rings is 1. The molecule has 0 saturated carbocycles. The third-order valence-electron chi connectivity index (χ3n) is 3.68. The van der Waals surface area contributed by atoms with E-state index in [-0.39, 0.29) is 0 Å². The van der Waals surface area contributed by atoms with Crippen LogP contribution in [0.4, 0.5) is 0 Å². The number of halogens is 1. The van der Waals surface area contributed by atoms with Crippen LogP contribution in [-0.2, 0) is 6.42 Å². The fourth-order valence-corrected chi connectivity index (χ4v) is 2.94. The Morgan fingerprint density at radius 3 is 2.29 bits per heavy atom. The number of hydrogen-bond acceptors (Lipinski definition) is 2. The summed E-state index contributed by atoms with van der Waals surface area (Å²) in [6.45, 7) is 3.76. The van der Waals surface area contributed by atoms with Gasteiger partial charge in [0.2, 0.25) is 0 Å². The van der Waals surface area contributed by atoms with Gasteiger partial charge in [-0.3, -0.25) is 0 Å². The highest BCUT2D eigenvalue weighted by Crippen LogP contribution is 2.26. The highest BCUT2D eigenvalue weighted by atomic mass is 79.9. The lowest BCUT2D eigenvalue weighted by atomic mass is 10.1. The molecule has 0 aliphatic rings. The number of nitrogens with two attached hydrogens (primary N) is 1. The quantitative estimate of drug-likeness (QED) is 0.504. The molecule has 3 heteroatoms. The normalized spacial score (nSPS) is 10.8. The maximum absolute atomic E-state index is 5.84. The van der Waals surface area contributed by atoms with E-state index in [1.807, 2.05) is 6.07 Å². The van der Waals surface area contributed by atoms with E-state index in [9.17, 15) is 0 Å². The van der Waals surface area contributed by atoms with Gasteiger partial charge in [-0.2, -0.15) is 0 Å². The van der Waals surface area contributed by atoms with E-state index in [2.05, 4.69) is 35.0 Å². The van der Waals surface area contributed by atoms with E-state index in [1.165, 1.54) is 50.5 Å². The Balaban J connectivity index is 2.10. The first-order valence-corrected chi connectivity index (χ1v) is 9.18. The second kappa shape index (κ2) is 12.0. The van der Waals surface area contributed by atoms with Crippen LogP contribution in [0.2, 0.25) is 0 Å². The maximum Gasteiger partial charge on any atom is 0.133 e. The van der Waals surface area contributed by atoms with Crippen LogP contribution >= 0.6 is 15.9 Å². The molecule has 21 heavy (non-hydrogen) atoms. The van der Waals surface area contributed by atoms with Crippen molar-refractivity contribution in [3.63, 3.8) is 0 Å². The van der Waals surface area contributed by atoms with Crippen LogP contribution < -0.4 is 10.5 Å². The van der Waals surface area contributed by atoms with Crippen LogP contribution in [0.5, 0.6) is 5.75 Å². The molecule has 1 aromatic carbocycles. The molecule has 0 saturated heterocycles. The molecule has 0 unspecified atom stereocenters. The Bertz CT molecular complexity index is 381. The second-order valence-electron chi connectivity index (χ2n) is 5.63. The van der Waals surface area contributed by atoms with Crippen LogP contribution in [0.3, 0.4) is 0 Å². The molecule has 1 aromatic rings. The summed E-state index contributed by atoms with van der Waals surface area (Å²) in [4.78, 5) is 0. The van der Waals surface area contributed by atoms with Gasteiger partial charge < -0.3 is 10.5 Å². The standard InChI is InChI=1S/C18H30BrNO/c1-2-3-4-5-6-7-8-9-14-21-18-11-10-16(12-13-20)15-17(18)19/h10-11,15H,2-9,12-14,20H2,1H3. The first-order valence-electron chi connectivity index (χ1n) is 8.39. The summed E-state index contributed by atoms with van der Waals surface area (Å²) in [6, 6.07) is 6.25. The van der Waals surface area contributed by atoms with Gasteiger partial charge in [-0.15, -0.1) is 0 Å². The van der Waals surface area contributed by atoms with Crippen LogP contribution in [0.15, 0.2) is 22.7 Å². The molecule has 2 N–H and O–H groups in total. The zero-order chi connectivity index (χ0) is 15.3. The lowest BCUT2D eigenvalue weighted by molar-refractivity contribution is 0.302. The second-order valence-corrected chi connectivity index (χ2v) is 6.48. The molecule has 0 atom stereocenters. The monoisotopic (exact) mass is 355 g/mol. The minimum atomic E-state index is 0.685. The van der Waals surface area contributed by atoms with Gasteiger partial charge >= 0.3 is 0 Å². The van der Waals surface area contributed by atoms with Gasteiger partial charge in [-0.1, -0.05) is 57.9 Å². The van der Waals surface area contributed by atoms with E-state index in [4.69, 9.17) is 10.5 Å². The number of hydrogen-bond donors (Lipinski definition) is 1. The summed E-state index contributed by atoms with van der Waals surface area (Å²) in [5, 5.41) is 0. The Labute approximate surface area is 138 Å². The Kier molecular flexibility index (Phi) is 10.6. The van der Waals surface area contributed by atoms with Gasteiger partial charge in [0.25, 0.3) is 0 Å². The third-order valence-corrected chi connectivity index (χ3v) is 4.30. The first-order chi connectivity index (χ1) is 10.3. The molecule has 0 heterocycles. The van der Waals surface area contributed by atoms with Gasteiger partial charge in [-0.05, 0) is 53.0 Å². The predicted molar refractivity (Wildman–Crippen MR) is 95.0 cm³/mol. The average Bonchev–Trinajstić information content (AvgIpc) is 2.48. The smallest absolute Gasteiger partial charge is 0.133 e. The van der Waals surface area contributed by atoms with Gasteiger partial charge in [0, 0.05) is 0 Å². The molecule has 0 spiro atoms. The molecule has 2 nitrogen and oxygen atoms in total. The average molecular weight is 356 g/mol. The molecule has 0 amide bonds. The maximum atomic E-state index is 5.84. The summed E-state index contributed by atoms with van der Waals surface area (Å²) >= 11 is 3.57. The van der Waals surface area contributed by atoms with Crippen molar-refractivity contribution in [2.75, 3.05) is 13.2 Å². The lowest BCUT2D eigenvalue weighted by Gasteiger charge is -2.09. The largest absolute Gasteiger partial charge is 0.492 e. The summed E-state index contributed by atoms with van der Waals surface area (Å²) in [5.74, 6) is 0.943. The van der Waals surface area contributed by atoms with E-state index in [1.54, 1.807) is 0 Å². The van der Waals surface area contributed by atoms with E-state index in [0.717, 1.165) is 29.7 Å². The molecule has 0 aromatic heterocycles. The number of rotatable bonds is 12. The fraction of sp³-hybridized carbons (Fsp3) is 0.667. The molecule has 1 rings (SSSR count). The first kappa shape index (κ1) is 18.5. The summed E-state index contributed by atoms with van der Waals surface area (Å²) < 4.78 is 6.87. The van der Waals surface area contributed by atoms with Crippen LogP contribution in [0, 0.1) is 0 Å². The molecular formula is C18H30BrNO. The number of unbranched alkanes of at least 4 members (excludes halogenated alkanes) is 7. The van der Waals surface area contributed by atoms with Gasteiger partial charge in [0.15, 0.2) is 0 Å². The van der Waals surface area contributed by atoms with Crippen molar-refractivity contribution in [3.8, 4) is 5.75 Å². The van der Waals surface area contributed by atoms with E-state index >= 15 is 0 Å². The molecule has 0 aliphatic heterocycles. The van der Waals surface area contributed by atoms with E-state index in [0.29, 0.717) is 6.54 Å². The zero-order valence-corrected chi connectivity index (χ0v) is 15.0.